The Morgan fingerprint density at radius 2 is 1.94 bits per heavy atom. The fraction of sp³-hybridized carbons (Fsp3) is 0.333. The van der Waals surface area contributed by atoms with Crippen molar-refractivity contribution in [3.05, 3.63) is 44.3 Å². The number of benzene rings is 1. The summed E-state index contributed by atoms with van der Waals surface area (Å²) in [7, 11) is 1.22. The molecular formula is C18H17F4N3O5S2. The molecule has 2 aromatic rings. The minimum atomic E-state index is -4.44. The molecule has 0 spiro atoms. The van der Waals surface area contributed by atoms with Crippen LogP contribution >= 0.6 is 23.6 Å². The molecule has 14 heteroatoms. The summed E-state index contributed by atoms with van der Waals surface area (Å²) >= 11 is 6.39. The minimum Gasteiger partial charge on any atom is -0.487 e. The molecular weight excluding hydrogens is 478 g/mol. The first kappa shape index (κ1) is 25.3. The van der Waals surface area contributed by atoms with Gasteiger partial charge in [-0.15, -0.1) is 11.3 Å². The fourth-order valence-corrected chi connectivity index (χ4v) is 3.75. The zero-order chi connectivity index (χ0) is 24.2. The molecule has 8 nitrogen and oxygen atoms in total. The average molecular weight is 495 g/mol. The number of rotatable bonds is 8. The number of nitrogens with one attached hydrogen (secondary N) is 2. The quantitative estimate of drug-likeness (QED) is 0.171. The van der Waals surface area contributed by atoms with Gasteiger partial charge >= 0.3 is 18.3 Å². The van der Waals surface area contributed by atoms with Gasteiger partial charge in [0.2, 0.25) is 0 Å². The third-order valence-electron chi connectivity index (χ3n) is 4.11. The molecule has 0 aliphatic rings. The van der Waals surface area contributed by atoms with E-state index < -0.39 is 41.3 Å². The predicted molar refractivity (Wildman–Crippen MR) is 115 cm³/mol. The normalized spacial score (nSPS) is 11.2. The van der Waals surface area contributed by atoms with Crippen molar-refractivity contribution >= 4 is 51.0 Å². The third-order valence-corrected chi connectivity index (χ3v) is 5.44. The van der Waals surface area contributed by atoms with Gasteiger partial charge in [-0.25, -0.2) is 13.6 Å². The van der Waals surface area contributed by atoms with Crippen LogP contribution in [0.5, 0.6) is 5.75 Å². The van der Waals surface area contributed by atoms with Gasteiger partial charge in [-0.1, -0.05) is 0 Å². The second-order valence-corrected chi connectivity index (χ2v) is 8.01. The zero-order valence-corrected chi connectivity index (χ0v) is 18.5. The van der Waals surface area contributed by atoms with Crippen LogP contribution in [-0.4, -0.2) is 42.1 Å². The van der Waals surface area contributed by atoms with Crippen molar-refractivity contribution in [1.29, 1.82) is 0 Å². The van der Waals surface area contributed by atoms with E-state index in [0.29, 0.717) is 10.6 Å². The minimum absolute atomic E-state index is 0.0309. The van der Waals surface area contributed by atoms with Gasteiger partial charge in [-0.05, 0) is 31.6 Å². The van der Waals surface area contributed by atoms with Gasteiger partial charge in [0.25, 0.3) is 5.69 Å². The Balaban J connectivity index is 2.24. The fourth-order valence-electron chi connectivity index (χ4n) is 2.42. The molecule has 0 amide bonds. The van der Waals surface area contributed by atoms with E-state index in [9.17, 15) is 32.5 Å². The molecule has 1 aromatic carbocycles. The maximum Gasteiger partial charge on any atom is 0.341 e. The van der Waals surface area contributed by atoms with E-state index in [0.717, 1.165) is 23.1 Å². The number of halogens is 4. The second-order valence-electron chi connectivity index (χ2n) is 6.38. The highest BCUT2D eigenvalue weighted by molar-refractivity contribution is 7.80. The number of nitro groups is 1. The molecule has 0 aliphatic heterocycles. The van der Waals surface area contributed by atoms with E-state index in [-0.39, 0.29) is 16.4 Å². The highest BCUT2D eigenvalue weighted by atomic mass is 32.1. The first-order valence-electron chi connectivity index (χ1n) is 8.70. The number of thiocarbonyl (C=S) groups is 1. The van der Waals surface area contributed by atoms with Crippen molar-refractivity contribution in [3.63, 3.8) is 0 Å². The van der Waals surface area contributed by atoms with Crippen LogP contribution < -0.4 is 15.4 Å². The summed E-state index contributed by atoms with van der Waals surface area (Å²) in [4.78, 5) is 23.2. The summed E-state index contributed by atoms with van der Waals surface area (Å²) in [5.74, 6) is -5.47. The van der Waals surface area contributed by atoms with Gasteiger partial charge in [-0.2, -0.15) is 8.78 Å². The number of esters is 1. The summed E-state index contributed by atoms with van der Waals surface area (Å²) in [6, 6.07) is 2.93. The number of alkyl halides is 4. The Kier molecular flexibility index (Phi) is 7.96. The summed E-state index contributed by atoms with van der Waals surface area (Å²) < 4.78 is 60.3. The maximum absolute atomic E-state index is 13.1. The Labute approximate surface area is 188 Å². The molecule has 2 rings (SSSR count). The number of aryl methyl sites for hydroxylation is 1. The number of hydrogen-bond acceptors (Lipinski definition) is 7. The Morgan fingerprint density at radius 3 is 2.50 bits per heavy atom. The van der Waals surface area contributed by atoms with E-state index in [1.807, 2.05) is 0 Å². The highest BCUT2D eigenvalue weighted by Gasteiger charge is 2.41. The van der Waals surface area contributed by atoms with Gasteiger partial charge in [0.1, 0.15) is 10.8 Å². The Bertz CT molecular complexity index is 1050. The molecule has 0 bridgehead atoms. The molecule has 2 N–H and O–H groups in total. The van der Waals surface area contributed by atoms with Crippen molar-refractivity contribution in [3.8, 4) is 5.75 Å². The van der Waals surface area contributed by atoms with Crippen LogP contribution in [0.15, 0.2) is 18.2 Å². The van der Waals surface area contributed by atoms with Crippen LogP contribution in [0, 0.1) is 24.0 Å². The number of non-ortho nitro benzene ring substituents is 1. The first-order valence-corrected chi connectivity index (χ1v) is 9.92. The van der Waals surface area contributed by atoms with E-state index in [2.05, 4.69) is 15.4 Å². The van der Waals surface area contributed by atoms with Crippen LogP contribution in [0.2, 0.25) is 0 Å². The topological polar surface area (TPSA) is 103 Å². The van der Waals surface area contributed by atoms with E-state index in [4.69, 9.17) is 17.0 Å². The molecule has 0 fully saturated rings. The summed E-state index contributed by atoms with van der Waals surface area (Å²) in [5, 5.41) is 16.8. The number of carbonyl (C=O) groups is 1. The monoisotopic (exact) mass is 495 g/mol. The molecule has 0 saturated heterocycles. The van der Waals surface area contributed by atoms with Gasteiger partial charge in [0, 0.05) is 17.0 Å². The molecule has 0 radical (unpaired) electrons. The summed E-state index contributed by atoms with van der Waals surface area (Å²) in [6.45, 7) is 1.83. The predicted octanol–water partition coefficient (Wildman–Crippen LogP) is 5.15. The second kappa shape index (κ2) is 10.1. The van der Waals surface area contributed by atoms with Crippen molar-refractivity contribution in [1.82, 2.24) is 0 Å². The molecule has 0 aliphatic carbocycles. The maximum atomic E-state index is 13.1. The standard InChI is InChI=1S/C18H17F4N3O5S2/c1-8-9(2)32-14(13(8)15(26)29-3)24-17(31)23-10-4-11(25(27)28)6-12(5-10)30-7-18(21,22)16(19)20/h4-6,16H,7H2,1-3H3,(H2,23,24,31). The number of carbonyl (C=O) groups excluding carboxylic acids is 1. The van der Waals surface area contributed by atoms with E-state index in [1.54, 1.807) is 13.8 Å². The molecule has 0 atom stereocenters. The van der Waals surface area contributed by atoms with E-state index >= 15 is 0 Å². The van der Waals surface area contributed by atoms with Crippen molar-refractivity contribution in [2.45, 2.75) is 26.2 Å². The Morgan fingerprint density at radius 1 is 1.28 bits per heavy atom. The van der Waals surface area contributed by atoms with E-state index in [1.165, 1.54) is 18.4 Å². The lowest BCUT2D eigenvalue weighted by Crippen LogP contribution is -2.33. The number of hydrogen-bond donors (Lipinski definition) is 2. The number of thiophene rings is 1. The average Bonchev–Trinajstić information content (AvgIpc) is 2.98. The number of nitrogens with zero attached hydrogens (tertiary/aromatic N) is 1. The lowest BCUT2D eigenvalue weighted by Gasteiger charge is -2.16. The highest BCUT2D eigenvalue weighted by Crippen LogP contribution is 2.34. The van der Waals surface area contributed by atoms with Crippen LogP contribution in [0.1, 0.15) is 20.8 Å². The van der Waals surface area contributed by atoms with Gasteiger partial charge in [-0.3, -0.25) is 10.1 Å². The van der Waals surface area contributed by atoms with Crippen LogP contribution in [0.3, 0.4) is 0 Å². The van der Waals surface area contributed by atoms with Crippen LogP contribution in [-0.2, 0) is 4.74 Å². The van der Waals surface area contributed by atoms with Crippen molar-refractivity contribution in [2.75, 3.05) is 24.4 Å². The number of ether oxygens (including phenoxy) is 2. The summed E-state index contributed by atoms with van der Waals surface area (Å²) in [6.07, 6.45) is -3.96. The van der Waals surface area contributed by atoms with Gasteiger partial charge in [0.05, 0.1) is 29.4 Å². The zero-order valence-electron chi connectivity index (χ0n) is 16.8. The molecule has 174 valence electrons. The Hall–Kier alpha value is -3.00. The van der Waals surface area contributed by atoms with Crippen LogP contribution in [0.4, 0.5) is 33.9 Å². The largest absolute Gasteiger partial charge is 0.487 e. The summed E-state index contributed by atoms with van der Waals surface area (Å²) in [5.41, 5.74) is 0.359. The SMILES string of the molecule is COC(=O)c1c(NC(=S)Nc2cc(OCC(F)(F)C(F)F)cc([N+](=O)[O-])c2)sc(C)c1C. The number of methoxy groups -OCH3 is 1. The number of nitro benzene ring substituents is 1. The lowest BCUT2D eigenvalue weighted by atomic mass is 10.1. The molecule has 32 heavy (non-hydrogen) atoms. The van der Waals surface area contributed by atoms with Crippen molar-refractivity contribution in [2.24, 2.45) is 0 Å². The molecule has 1 aromatic heterocycles. The molecule has 0 unspecified atom stereocenters. The third kappa shape index (κ3) is 6.03. The first-order chi connectivity index (χ1) is 14.9. The molecule has 1 heterocycles. The number of anilines is 2. The lowest BCUT2D eigenvalue weighted by molar-refractivity contribution is -0.384. The van der Waals surface area contributed by atoms with Crippen molar-refractivity contribution < 1.29 is 36.8 Å². The smallest absolute Gasteiger partial charge is 0.341 e. The van der Waals surface area contributed by atoms with Gasteiger partial charge in [0.15, 0.2) is 11.7 Å². The molecule has 0 saturated carbocycles. The van der Waals surface area contributed by atoms with Crippen LogP contribution in [0.25, 0.3) is 0 Å². The van der Waals surface area contributed by atoms with Gasteiger partial charge < -0.3 is 20.1 Å².